The molecule has 0 aromatic rings. The molecule has 0 saturated heterocycles. The molecule has 150 valence electrons. The second-order valence-corrected chi connectivity index (χ2v) is 4.69. The SMILES string of the molecule is C/C=C/C=C/C(=O)O.CC(O)CO.O=C([O-])CC(O)(CC(=O)[O-])C(=O)O.[K+].[Na+]. The fraction of sp³-hybridized carbons (Fsp3) is 0.467. The van der Waals surface area contributed by atoms with Crippen molar-refractivity contribution < 1.29 is 136 Å². The second kappa shape index (κ2) is 23.2. The van der Waals surface area contributed by atoms with Crippen LogP contribution in [0.15, 0.2) is 24.3 Å². The molecule has 0 saturated carbocycles. The van der Waals surface area contributed by atoms with Gasteiger partial charge < -0.3 is 45.3 Å². The first-order valence-corrected chi connectivity index (χ1v) is 6.99. The van der Waals surface area contributed by atoms with Gasteiger partial charge in [-0.2, -0.15) is 0 Å². The van der Waals surface area contributed by atoms with Crippen LogP contribution in [0.1, 0.15) is 26.7 Å². The minimum Gasteiger partial charge on any atom is -0.550 e. The van der Waals surface area contributed by atoms with Crippen molar-refractivity contribution in [2.45, 2.75) is 38.4 Å². The molecule has 13 heteroatoms. The zero-order valence-corrected chi connectivity index (χ0v) is 21.3. The summed E-state index contributed by atoms with van der Waals surface area (Å²) >= 11 is 0. The first kappa shape index (κ1) is 38.5. The van der Waals surface area contributed by atoms with Crippen molar-refractivity contribution in [3.05, 3.63) is 24.3 Å². The number of rotatable bonds is 8. The summed E-state index contributed by atoms with van der Waals surface area (Å²) in [5.41, 5.74) is -2.86. The van der Waals surface area contributed by atoms with Crippen LogP contribution in [0.5, 0.6) is 0 Å². The fourth-order valence-electron chi connectivity index (χ4n) is 0.940. The van der Waals surface area contributed by atoms with E-state index < -0.39 is 48.4 Å². The van der Waals surface area contributed by atoms with Gasteiger partial charge in [-0.3, -0.25) is 0 Å². The summed E-state index contributed by atoms with van der Waals surface area (Å²) in [4.78, 5) is 39.9. The van der Waals surface area contributed by atoms with Crippen LogP contribution < -0.4 is 91.2 Å². The summed E-state index contributed by atoms with van der Waals surface area (Å²) in [5.74, 6) is -6.57. The predicted molar refractivity (Wildman–Crippen MR) is 82.2 cm³/mol. The van der Waals surface area contributed by atoms with E-state index >= 15 is 0 Å². The zero-order valence-electron chi connectivity index (χ0n) is 16.2. The van der Waals surface area contributed by atoms with Gasteiger partial charge in [-0.25, -0.2) is 9.59 Å². The van der Waals surface area contributed by atoms with Crippen molar-refractivity contribution in [3.63, 3.8) is 0 Å². The number of carbonyl (C=O) groups excluding carboxylic acids is 2. The Kier molecular flexibility index (Phi) is 31.8. The van der Waals surface area contributed by atoms with E-state index in [0.29, 0.717) is 0 Å². The van der Waals surface area contributed by atoms with Crippen molar-refractivity contribution in [1.29, 1.82) is 0 Å². The van der Waals surface area contributed by atoms with E-state index in [2.05, 4.69) is 0 Å². The molecule has 1 atom stereocenters. The number of hydrogen-bond donors (Lipinski definition) is 5. The number of allylic oxidation sites excluding steroid dienone is 3. The van der Waals surface area contributed by atoms with Gasteiger partial charge in [-0.1, -0.05) is 18.2 Å². The van der Waals surface area contributed by atoms with E-state index in [1.165, 1.54) is 13.0 Å². The van der Waals surface area contributed by atoms with Crippen LogP contribution in [-0.4, -0.2) is 67.7 Å². The molecule has 0 amide bonds. The van der Waals surface area contributed by atoms with E-state index in [4.69, 9.17) is 25.5 Å². The first-order valence-electron chi connectivity index (χ1n) is 6.99. The van der Waals surface area contributed by atoms with Crippen molar-refractivity contribution >= 4 is 23.9 Å². The Balaban J connectivity index is -0.000000101. The fourth-order valence-corrected chi connectivity index (χ4v) is 0.940. The van der Waals surface area contributed by atoms with Crippen LogP contribution in [0.4, 0.5) is 0 Å². The van der Waals surface area contributed by atoms with Crippen LogP contribution in [0.25, 0.3) is 0 Å². The van der Waals surface area contributed by atoms with Crippen molar-refractivity contribution in [3.8, 4) is 0 Å². The number of carboxylic acid groups (broad SMARTS) is 4. The second-order valence-electron chi connectivity index (χ2n) is 4.69. The number of aliphatic hydroxyl groups is 3. The molecule has 11 nitrogen and oxygen atoms in total. The van der Waals surface area contributed by atoms with Crippen molar-refractivity contribution in [2.24, 2.45) is 0 Å². The smallest absolute Gasteiger partial charge is 0.550 e. The van der Waals surface area contributed by atoms with Gasteiger partial charge >= 0.3 is 92.9 Å². The van der Waals surface area contributed by atoms with Gasteiger partial charge in [0.1, 0.15) is 0 Å². The molecule has 0 fully saturated rings. The van der Waals surface area contributed by atoms with Crippen LogP contribution in [-0.2, 0) is 19.2 Å². The standard InChI is InChI=1S/C6H8O7.C6H8O2.C3H8O2.K.Na/c7-3(8)1-6(13,5(11)12)2-4(9)10;1-2-3-4-5-6(7)8;1-3(5)2-4;;/h13H,1-2H2,(H,7,8)(H,9,10)(H,11,12);2-5H,1H3,(H,7,8);3-5H,2H2,1H3;;/q;;;2*+1/p-2/b;3-2+,5-4+;;;. The topological polar surface area (TPSA) is 216 Å². The maximum absolute atomic E-state index is 10.3. The minimum absolute atomic E-state index is 0. The van der Waals surface area contributed by atoms with Crippen LogP contribution >= 0.6 is 0 Å². The third kappa shape index (κ3) is 30.6. The number of aliphatic hydroxyl groups excluding tert-OH is 2. The van der Waals surface area contributed by atoms with Crippen LogP contribution in [0.3, 0.4) is 0 Å². The molecule has 1 unspecified atom stereocenters. The minimum atomic E-state index is -2.86. The summed E-state index contributed by atoms with van der Waals surface area (Å²) in [6, 6.07) is 0. The summed E-state index contributed by atoms with van der Waals surface area (Å²) in [6.07, 6.45) is 2.83. The monoisotopic (exact) mass is 440 g/mol. The summed E-state index contributed by atoms with van der Waals surface area (Å²) in [5, 5.41) is 61.2. The molecule has 0 bridgehead atoms. The van der Waals surface area contributed by atoms with E-state index in [9.17, 15) is 29.4 Å². The van der Waals surface area contributed by atoms with Crippen LogP contribution in [0, 0.1) is 0 Å². The normalized spacial score (nSPS) is 10.9. The van der Waals surface area contributed by atoms with Gasteiger partial charge in [0, 0.05) is 30.9 Å². The first-order chi connectivity index (χ1) is 11.8. The Morgan fingerprint density at radius 3 is 1.57 bits per heavy atom. The molecule has 0 spiro atoms. The summed E-state index contributed by atoms with van der Waals surface area (Å²) < 4.78 is 0. The third-order valence-corrected chi connectivity index (χ3v) is 2.08. The van der Waals surface area contributed by atoms with Gasteiger partial charge in [-0.15, -0.1) is 0 Å². The molecule has 0 radical (unpaired) electrons. The van der Waals surface area contributed by atoms with Crippen molar-refractivity contribution in [1.82, 2.24) is 0 Å². The Labute approximate surface area is 226 Å². The van der Waals surface area contributed by atoms with Crippen LogP contribution in [0.2, 0.25) is 0 Å². The molecule has 0 aliphatic rings. The van der Waals surface area contributed by atoms with E-state index in [0.717, 1.165) is 6.08 Å². The Hall–Kier alpha value is -0.124. The Morgan fingerprint density at radius 1 is 1.04 bits per heavy atom. The quantitative estimate of drug-likeness (QED) is 0.136. The zero-order chi connectivity index (χ0) is 21.3. The van der Waals surface area contributed by atoms with Gasteiger partial charge in [0.2, 0.25) is 0 Å². The number of aliphatic carboxylic acids is 4. The Bertz CT molecular complexity index is 502. The molecular formula is C15H22KNaO11. The largest absolute Gasteiger partial charge is 1.00 e. The number of carbonyl (C=O) groups is 4. The molecule has 28 heavy (non-hydrogen) atoms. The molecule has 0 aromatic carbocycles. The Morgan fingerprint density at radius 2 is 1.39 bits per heavy atom. The summed E-state index contributed by atoms with van der Waals surface area (Å²) in [6.45, 7) is 3.21. The van der Waals surface area contributed by atoms with E-state index in [-0.39, 0.29) is 87.5 Å². The molecule has 0 rings (SSSR count). The van der Waals surface area contributed by atoms with E-state index in [1.807, 2.05) is 6.92 Å². The molecule has 0 aliphatic heterocycles. The number of carboxylic acids is 4. The number of hydrogen-bond acceptors (Lipinski definition) is 9. The molecule has 0 heterocycles. The molecule has 0 aliphatic carbocycles. The average Bonchev–Trinajstić information content (AvgIpc) is 2.46. The molecule has 0 aromatic heterocycles. The van der Waals surface area contributed by atoms with Crippen molar-refractivity contribution in [2.75, 3.05) is 6.61 Å². The van der Waals surface area contributed by atoms with Gasteiger partial charge in [0.25, 0.3) is 0 Å². The average molecular weight is 440 g/mol. The van der Waals surface area contributed by atoms with Gasteiger partial charge in [0.15, 0.2) is 5.60 Å². The van der Waals surface area contributed by atoms with Gasteiger partial charge in [-0.05, 0) is 13.8 Å². The maximum Gasteiger partial charge on any atom is 1.00 e. The predicted octanol–water partition coefficient (Wildman–Crippen LogP) is -9.35. The third-order valence-electron chi connectivity index (χ3n) is 2.08. The van der Waals surface area contributed by atoms with E-state index in [1.54, 1.807) is 12.2 Å². The molecule has 5 N–H and O–H groups in total. The molecular weight excluding hydrogens is 418 g/mol. The maximum atomic E-state index is 10.3. The van der Waals surface area contributed by atoms with Gasteiger partial charge in [0.05, 0.1) is 12.7 Å². The summed E-state index contributed by atoms with van der Waals surface area (Å²) in [7, 11) is 0.